The summed E-state index contributed by atoms with van der Waals surface area (Å²) in [5, 5.41) is 3.44. The third-order valence-corrected chi connectivity index (χ3v) is 4.62. The highest BCUT2D eigenvalue weighted by atomic mass is 15.1. The maximum atomic E-state index is 3.44. The maximum Gasteiger partial charge on any atom is 0.0373 e. The topological polar surface area (TPSA) is 18.5 Å². The first kappa shape index (κ1) is 13.9. The van der Waals surface area contributed by atoms with Crippen molar-refractivity contribution in [2.45, 2.75) is 25.8 Å². The van der Waals surface area contributed by atoms with Gasteiger partial charge < -0.3 is 10.2 Å². The normalized spacial score (nSPS) is 20.1. The van der Waals surface area contributed by atoms with Gasteiger partial charge in [0.25, 0.3) is 0 Å². The Morgan fingerprint density at radius 3 is 2.80 bits per heavy atom. The number of anilines is 1. The van der Waals surface area contributed by atoms with E-state index in [1.54, 1.807) is 0 Å². The second kappa shape index (κ2) is 6.15. The molecule has 1 saturated heterocycles. The summed E-state index contributed by atoms with van der Waals surface area (Å²) in [6, 6.07) is 6.96. The van der Waals surface area contributed by atoms with Crippen molar-refractivity contribution in [3.05, 3.63) is 29.3 Å². The zero-order valence-corrected chi connectivity index (χ0v) is 12.9. The quantitative estimate of drug-likeness (QED) is 0.909. The lowest BCUT2D eigenvalue weighted by Crippen LogP contribution is -2.36. The van der Waals surface area contributed by atoms with E-state index in [4.69, 9.17) is 0 Å². The Hall–Kier alpha value is -1.06. The molecule has 1 aromatic carbocycles. The van der Waals surface area contributed by atoms with Gasteiger partial charge in [0.05, 0.1) is 0 Å². The van der Waals surface area contributed by atoms with Crippen LogP contribution in [0.5, 0.6) is 0 Å². The van der Waals surface area contributed by atoms with Crippen molar-refractivity contribution in [2.75, 3.05) is 45.6 Å². The largest absolute Gasteiger partial charge is 0.384 e. The minimum atomic E-state index is 0.894. The number of piperidine rings is 1. The van der Waals surface area contributed by atoms with Gasteiger partial charge in [0.15, 0.2) is 0 Å². The van der Waals surface area contributed by atoms with Crippen molar-refractivity contribution < 1.29 is 0 Å². The van der Waals surface area contributed by atoms with E-state index in [1.807, 2.05) is 0 Å². The number of rotatable bonds is 4. The van der Waals surface area contributed by atoms with Gasteiger partial charge in [-0.3, -0.25) is 4.90 Å². The number of benzene rings is 1. The van der Waals surface area contributed by atoms with Gasteiger partial charge in [0.1, 0.15) is 0 Å². The van der Waals surface area contributed by atoms with Crippen LogP contribution in [0, 0.1) is 5.92 Å². The molecule has 2 heterocycles. The number of nitrogens with one attached hydrogen (secondary N) is 1. The van der Waals surface area contributed by atoms with E-state index in [-0.39, 0.29) is 0 Å². The Bertz CT molecular complexity index is 448. The highest BCUT2D eigenvalue weighted by Crippen LogP contribution is 2.25. The van der Waals surface area contributed by atoms with Crippen LogP contribution in [0.3, 0.4) is 0 Å². The number of likely N-dealkylation sites (tertiary alicyclic amines) is 1. The van der Waals surface area contributed by atoms with Crippen LogP contribution >= 0.6 is 0 Å². The third-order valence-electron chi connectivity index (χ3n) is 4.62. The molecule has 0 saturated carbocycles. The zero-order valence-electron chi connectivity index (χ0n) is 12.9. The van der Waals surface area contributed by atoms with Gasteiger partial charge in [-0.05, 0) is 69.6 Å². The van der Waals surface area contributed by atoms with Crippen LogP contribution < -0.4 is 5.32 Å². The maximum absolute atomic E-state index is 3.44. The van der Waals surface area contributed by atoms with E-state index in [9.17, 15) is 0 Å². The number of nitrogens with zero attached hydrogens (tertiary/aromatic N) is 2. The summed E-state index contributed by atoms with van der Waals surface area (Å²) in [5.74, 6) is 0.894. The lowest BCUT2D eigenvalue weighted by Gasteiger charge is -2.33. The lowest BCUT2D eigenvalue weighted by molar-refractivity contribution is 0.157. The van der Waals surface area contributed by atoms with Crippen molar-refractivity contribution in [1.82, 2.24) is 9.80 Å². The number of hydrogen-bond donors (Lipinski definition) is 1. The second-order valence-corrected chi connectivity index (χ2v) is 6.65. The predicted molar refractivity (Wildman–Crippen MR) is 85.2 cm³/mol. The van der Waals surface area contributed by atoms with E-state index in [0.717, 1.165) is 19.0 Å². The van der Waals surface area contributed by atoms with E-state index in [0.29, 0.717) is 0 Å². The molecule has 110 valence electrons. The Morgan fingerprint density at radius 2 is 2.05 bits per heavy atom. The molecule has 0 spiro atoms. The van der Waals surface area contributed by atoms with E-state index < -0.39 is 0 Å². The van der Waals surface area contributed by atoms with Crippen molar-refractivity contribution in [3.8, 4) is 0 Å². The van der Waals surface area contributed by atoms with Crippen molar-refractivity contribution in [2.24, 2.45) is 5.92 Å². The average Bonchev–Trinajstić information content (AvgIpc) is 2.88. The molecule has 1 N–H and O–H groups in total. The van der Waals surface area contributed by atoms with Crippen LogP contribution in [0.2, 0.25) is 0 Å². The van der Waals surface area contributed by atoms with Gasteiger partial charge in [-0.15, -0.1) is 0 Å². The highest BCUT2D eigenvalue weighted by molar-refractivity contribution is 5.56. The molecule has 0 aromatic heterocycles. The Labute approximate surface area is 123 Å². The highest BCUT2D eigenvalue weighted by Gasteiger charge is 2.20. The molecule has 2 aliphatic rings. The molecular formula is C17H27N3. The first-order chi connectivity index (χ1) is 9.70. The van der Waals surface area contributed by atoms with E-state index in [2.05, 4.69) is 47.4 Å². The molecule has 0 bridgehead atoms. The summed E-state index contributed by atoms with van der Waals surface area (Å²) in [6.45, 7) is 6.00. The molecule has 3 nitrogen and oxygen atoms in total. The first-order valence-electron chi connectivity index (χ1n) is 7.93. The summed E-state index contributed by atoms with van der Waals surface area (Å²) in [4.78, 5) is 4.95. The fraction of sp³-hybridized carbons (Fsp3) is 0.647. The van der Waals surface area contributed by atoms with E-state index in [1.165, 1.54) is 55.7 Å². The van der Waals surface area contributed by atoms with Crippen LogP contribution in [-0.4, -0.2) is 50.1 Å². The molecule has 3 heteroatoms. The van der Waals surface area contributed by atoms with Crippen LogP contribution in [0.25, 0.3) is 0 Å². The molecular weight excluding hydrogens is 246 g/mol. The minimum absolute atomic E-state index is 0.894. The molecule has 0 aliphatic carbocycles. The van der Waals surface area contributed by atoms with Crippen molar-refractivity contribution in [1.29, 1.82) is 0 Å². The summed E-state index contributed by atoms with van der Waals surface area (Å²) in [7, 11) is 4.37. The van der Waals surface area contributed by atoms with Crippen molar-refractivity contribution >= 4 is 5.69 Å². The summed E-state index contributed by atoms with van der Waals surface area (Å²) in [6.07, 6.45) is 3.89. The van der Waals surface area contributed by atoms with E-state index >= 15 is 0 Å². The first-order valence-corrected chi connectivity index (χ1v) is 7.93. The Morgan fingerprint density at radius 1 is 1.25 bits per heavy atom. The standard InChI is InChI=1S/C17H27N3/c1-19(2)12-14-6-9-20(10-7-14)13-15-3-4-17-16(11-15)5-8-18-17/h3-4,11,14,18H,5-10,12-13H2,1-2H3. The Balaban J connectivity index is 1.52. The minimum Gasteiger partial charge on any atom is -0.384 e. The fourth-order valence-electron chi connectivity index (χ4n) is 3.56. The lowest BCUT2D eigenvalue weighted by atomic mass is 9.96. The SMILES string of the molecule is CN(C)CC1CCN(Cc2ccc3c(c2)CCN3)CC1. The van der Waals surface area contributed by atoms with Crippen LogP contribution in [0.4, 0.5) is 5.69 Å². The van der Waals surface area contributed by atoms with Crippen LogP contribution in [0.1, 0.15) is 24.0 Å². The van der Waals surface area contributed by atoms with Gasteiger partial charge in [0.2, 0.25) is 0 Å². The van der Waals surface area contributed by atoms with Crippen molar-refractivity contribution in [3.63, 3.8) is 0 Å². The van der Waals surface area contributed by atoms with Crippen LogP contribution in [-0.2, 0) is 13.0 Å². The summed E-state index contributed by atoms with van der Waals surface area (Å²) < 4.78 is 0. The van der Waals surface area contributed by atoms with Gasteiger partial charge >= 0.3 is 0 Å². The summed E-state index contributed by atoms with van der Waals surface area (Å²) in [5.41, 5.74) is 4.34. The van der Waals surface area contributed by atoms with Gasteiger partial charge in [-0.25, -0.2) is 0 Å². The molecule has 0 atom stereocenters. The second-order valence-electron chi connectivity index (χ2n) is 6.65. The third kappa shape index (κ3) is 3.33. The Kier molecular flexibility index (Phi) is 4.27. The van der Waals surface area contributed by atoms with Gasteiger partial charge in [-0.1, -0.05) is 12.1 Å². The number of fused-ring (bicyclic) bond motifs is 1. The molecule has 20 heavy (non-hydrogen) atoms. The van der Waals surface area contributed by atoms with Crippen LogP contribution in [0.15, 0.2) is 18.2 Å². The smallest absolute Gasteiger partial charge is 0.0373 e. The zero-order chi connectivity index (χ0) is 13.9. The molecule has 0 amide bonds. The number of hydrogen-bond acceptors (Lipinski definition) is 3. The molecule has 2 aliphatic heterocycles. The molecule has 1 aromatic rings. The summed E-state index contributed by atoms with van der Waals surface area (Å²) >= 11 is 0. The molecule has 0 radical (unpaired) electrons. The predicted octanol–water partition coefficient (Wildman–Crippen LogP) is 2.43. The average molecular weight is 273 g/mol. The molecule has 3 rings (SSSR count). The monoisotopic (exact) mass is 273 g/mol. The molecule has 0 unspecified atom stereocenters. The van der Waals surface area contributed by atoms with Gasteiger partial charge in [0, 0.05) is 25.3 Å². The molecule has 1 fully saturated rings. The fourth-order valence-corrected chi connectivity index (χ4v) is 3.56. The van der Waals surface area contributed by atoms with Gasteiger partial charge in [-0.2, -0.15) is 0 Å².